The summed E-state index contributed by atoms with van der Waals surface area (Å²) in [6, 6.07) is 5.13. The summed E-state index contributed by atoms with van der Waals surface area (Å²) >= 11 is 1.12. The Morgan fingerprint density at radius 1 is 1.31 bits per heavy atom. The maximum Gasteiger partial charge on any atom is 0.357 e. The Labute approximate surface area is 171 Å². The van der Waals surface area contributed by atoms with Crippen molar-refractivity contribution in [2.24, 2.45) is 5.92 Å². The summed E-state index contributed by atoms with van der Waals surface area (Å²) in [7, 11) is 3.05. The molecule has 10 heteroatoms. The van der Waals surface area contributed by atoms with Gasteiger partial charge in [-0.1, -0.05) is 0 Å². The van der Waals surface area contributed by atoms with Crippen molar-refractivity contribution in [1.82, 2.24) is 4.98 Å². The molecule has 2 amide bonds. The van der Waals surface area contributed by atoms with E-state index in [1.54, 1.807) is 32.2 Å². The number of rotatable bonds is 7. The fourth-order valence-electron chi connectivity index (χ4n) is 2.96. The van der Waals surface area contributed by atoms with Gasteiger partial charge in [-0.05, 0) is 19.1 Å². The maximum atomic E-state index is 12.6. The minimum absolute atomic E-state index is 0.0666. The average Bonchev–Trinajstić information content (AvgIpc) is 3.34. The molecule has 1 atom stereocenters. The molecule has 0 saturated carbocycles. The van der Waals surface area contributed by atoms with Gasteiger partial charge in [-0.15, -0.1) is 11.3 Å². The van der Waals surface area contributed by atoms with Crippen LogP contribution in [0.15, 0.2) is 23.6 Å². The third-order valence-corrected chi connectivity index (χ3v) is 5.15. The van der Waals surface area contributed by atoms with Crippen LogP contribution in [0, 0.1) is 5.92 Å². The lowest BCUT2D eigenvalue weighted by atomic mass is 10.1. The number of hydrogen-bond donors (Lipinski definition) is 1. The second-order valence-electron chi connectivity index (χ2n) is 6.19. The minimum Gasteiger partial charge on any atom is -0.497 e. The lowest BCUT2D eigenvalue weighted by Crippen LogP contribution is -2.28. The quantitative estimate of drug-likeness (QED) is 0.687. The fourth-order valence-corrected chi connectivity index (χ4v) is 3.64. The molecule has 29 heavy (non-hydrogen) atoms. The third-order valence-electron chi connectivity index (χ3n) is 4.39. The molecule has 2 aromatic rings. The van der Waals surface area contributed by atoms with Gasteiger partial charge in [0.05, 0.1) is 32.4 Å². The first-order chi connectivity index (χ1) is 14.0. The Morgan fingerprint density at radius 2 is 2.10 bits per heavy atom. The zero-order valence-electron chi connectivity index (χ0n) is 16.3. The largest absolute Gasteiger partial charge is 0.497 e. The molecule has 1 N–H and O–H groups in total. The first-order valence-electron chi connectivity index (χ1n) is 8.92. The molecule has 1 unspecified atom stereocenters. The molecular formula is C19H21N3O6S. The molecule has 0 bridgehead atoms. The second kappa shape index (κ2) is 8.91. The second-order valence-corrected chi connectivity index (χ2v) is 7.05. The summed E-state index contributed by atoms with van der Waals surface area (Å²) in [4.78, 5) is 42.4. The third kappa shape index (κ3) is 4.48. The number of methoxy groups -OCH3 is 2. The van der Waals surface area contributed by atoms with Crippen LogP contribution < -0.4 is 19.7 Å². The van der Waals surface area contributed by atoms with E-state index in [9.17, 15) is 14.4 Å². The number of benzene rings is 1. The van der Waals surface area contributed by atoms with Crippen molar-refractivity contribution in [2.75, 3.05) is 37.6 Å². The first kappa shape index (κ1) is 20.6. The standard InChI is InChI=1S/C19H21N3O6S/c1-4-28-18(25)13-10-29-19(20-13)21-17(24)11-7-16(23)22(9-11)14-6-5-12(26-2)8-15(14)27-3/h5-6,8,10-11H,4,7,9H2,1-3H3,(H,20,21,24). The van der Waals surface area contributed by atoms with E-state index in [1.807, 2.05) is 0 Å². The van der Waals surface area contributed by atoms with Crippen LogP contribution in [0.5, 0.6) is 11.5 Å². The summed E-state index contributed by atoms with van der Waals surface area (Å²) in [5.74, 6) is -0.522. The summed E-state index contributed by atoms with van der Waals surface area (Å²) in [6.07, 6.45) is 0.0666. The van der Waals surface area contributed by atoms with Crippen molar-refractivity contribution >= 4 is 39.9 Å². The zero-order valence-corrected chi connectivity index (χ0v) is 17.1. The summed E-state index contributed by atoms with van der Waals surface area (Å²) < 4.78 is 15.4. The van der Waals surface area contributed by atoms with E-state index in [1.165, 1.54) is 17.4 Å². The number of nitrogens with one attached hydrogen (secondary N) is 1. The number of anilines is 2. The Bertz CT molecular complexity index is 928. The van der Waals surface area contributed by atoms with Gasteiger partial charge in [0.1, 0.15) is 11.5 Å². The Hall–Kier alpha value is -3.14. The van der Waals surface area contributed by atoms with Gasteiger partial charge in [-0.25, -0.2) is 9.78 Å². The molecule has 0 aliphatic carbocycles. The van der Waals surface area contributed by atoms with Gasteiger partial charge < -0.3 is 24.4 Å². The molecule has 0 spiro atoms. The number of thiazole rings is 1. The minimum atomic E-state index is -0.552. The van der Waals surface area contributed by atoms with E-state index in [0.717, 1.165) is 11.3 Å². The van der Waals surface area contributed by atoms with Gasteiger partial charge in [0, 0.05) is 24.4 Å². The van der Waals surface area contributed by atoms with Gasteiger partial charge in [0.15, 0.2) is 10.8 Å². The van der Waals surface area contributed by atoms with E-state index in [-0.39, 0.29) is 42.2 Å². The summed E-state index contributed by atoms with van der Waals surface area (Å²) in [6.45, 7) is 2.16. The molecule has 1 aromatic carbocycles. The smallest absolute Gasteiger partial charge is 0.357 e. The lowest BCUT2D eigenvalue weighted by Gasteiger charge is -2.20. The van der Waals surface area contributed by atoms with E-state index in [4.69, 9.17) is 14.2 Å². The topological polar surface area (TPSA) is 107 Å². The highest BCUT2D eigenvalue weighted by Gasteiger charge is 2.36. The van der Waals surface area contributed by atoms with Gasteiger partial charge in [-0.3, -0.25) is 9.59 Å². The van der Waals surface area contributed by atoms with Crippen LogP contribution in [-0.2, 0) is 14.3 Å². The van der Waals surface area contributed by atoms with Gasteiger partial charge >= 0.3 is 5.97 Å². The molecule has 1 saturated heterocycles. The van der Waals surface area contributed by atoms with Crippen molar-refractivity contribution < 1.29 is 28.6 Å². The average molecular weight is 419 g/mol. The first-order valence-corrected chi connectivity index (χ1v) is 9.80. The molecule has 1 aliphatic heterocycles. The predicted octanol–water partition coefficient (Wildman–Crippen LogP) is 2.33. The van der Waals surface area contributed by atoms with Crippen LogP contribution >= 0.6 is 11.3 Å². The summed E-state index contributed by atoms with van der Waals surface area (Å²) in [5.41, 5.74) is 0.715. The van der Waals surface area contributed by atoms with Gasteiger partial charge in [-0.2, -0.15) is 0 Å². The molecule has 1 aliphatic rings. The van der Waals surface area contributed by atoms with Crippen LogP contribution in [0.3, 0.4) is 0 Å². The summed E-state index contributed by atoms with van der Waals surface area (Å²) in [5, 5.41) is 4.47. The monoisotopic (exact) mass is 419 g/mol. The van der Waals surface area contributed by atoms with Crippen LogP contribution in [-0.4, -0.2) is 50.1 Å². The van der Waals surface area contributed by atoms with Crippen LogP contribution in [0.2, 0.25) is 0 Å². The van der Waals surface area contributed by atoms with Crippen molar-refractivity contribution in [1.29, 1.82) is 0 Å². The highest BCUT2D eigenvalue weighted by atomic mass is 32.1. The Balaban J connectivity index is 1.69. The number of esters is 1. The number of amides is 2. The normalized spacial score (nSPS) is 15.9. The van der Waals surface area contributed by atoms with Gasteiger partial charge in [0.2, 0.25) is 11.8 Å². The number of nitrogens with zero attached hydrogens (tertiary/aromatic N) is 2. The molecule has 9 nitrogen and oxygen atoms in total. The molecule has 154 valence electrons. The van der Waals surface area contributed by atoms with Crippen molar-refractivity contribution in [2.45, 2.75) is 13.3 Å². The lowest BCUT2D eigenvalue weighted by molar-refractivity contribution is -0.122. The Kier molecular flexibility index (Phi) is 6.32. The van der Waals surface area contributed by atoms with Crippen LogP contribution in [0.4, 0.5) is 10.8 Å². The highest BCUT2D eigenvalue weighted by Crippen LogP contribution is 2.36. The van der Waals surface area contributed by atoms with Crippen molar-refractivity contribution in [3.05, 3.63) is 29.3 Å². The molecule has 1 fully saturated rings. The Morgan fingerprint density at radius 3 is 2.79 bits per heavy atom. The van der Waals surface area contributed by atoms with Crippen molar-refractivity contribution in [3.63, 3.8) is 0 Å². The zero-order chi connectivity index (χ0) is 21.0. The number of aromatic nitrogens is 1. The van der Waals surface area contributed by atoms with E-state index >= 15 is 0 Å². The van der Waals surface area contributed by atoms with Crippen molar-refractivity contribution in [3.8, 4) is 11.5 Å². The number of ether oxygens (including phenoxy) is 3. The fraction of sp³-hybridized carbons (Fsp3) is 0.368. The molecule has 3 rings (SSSR count). The molecule has 1 aromatic heterocycles. The van der Waals surface area contributed by atoms with E-state index in [2.05, 4.69) is 10.3 Å². The predicted molar refractivity (Wildman–Crippen MR) is 107 cm³/mol. The number of hydrogen-bond acceptors (Lipinski definition) is 8. The van der Waals surface area contributed by atoms with E-state index < -0.39 is 11.9 Å². The molecule has 0 radical (unpaired) electrons. The molecular weight excluding hydrogens is 398 g/mol. The van der Waals surface area contributed by atoms with E-state index in [0.29, 0.717) is 17.2 Å². The number of carbonyl (C=O) groups excluding carboxylic acids is 3. The van der Waals surface area contributed by atoms with Crippen LogP contribution in [0.25, 0.3) is 0 Å². The number of carbonyl (C=O) groups is 3. The maximum absolute atomic E-state index is 12.6. The SMILES string of the molecule is CCOC(=O)c1csc(NC(=O)C2CC(=O)N(c3ccc(OC)cc3OC)C2)n1. The van der Waals surface area contributed by atoms with Gasteiger partial charge in [0.25, 0.3) is 0 Å². The highest BCUT2D eigenvalue weighted by molar-refractivity contribution is 7.14. The molecule has 2 heterocycles. The van der Waals surface area contributed by atoms with Crippen LogP contribution in [0.1, 0.15) is 23.8 Å².